The van der Waals surface area contributed by atoms with Gasteiger partial charge in [0, 0.05) is 15.1 Å². The topological polar surface area (TPSA) is 66.4 Å². The van der Waals surface area contributed by atoms with E-state index in [0.29, 0.717) is 4.47 Å². The Morgan fingerprint density at radius 2 is 1.90 bits per heavy atom. The normalized spacial score (nSPS) is 10.2. The second-order valence-electron chi connectivity index (χ2n) is 4.11. The van der Waals surface area contributed by atoms with Crippen molar-refractivity contribution in [1.82, 2.24) is 0 Å². The summed E-state index contributed by atoms with van der Waals surface area (Å²) in [6, 6.07) is 7.67. The highest BCUT2D eigenvalue weighted by atomic mass is 79.9. The van der Waals surface area contributed by atoms with Crippen LogP contribution in [-0.2, 0) is 0 Å². The second kappa shape index (κ2) is 6.24. The molecule has 0 aliphatic carbocycles. The number of nitrogens with one attached hydrogen (secondary N) is 1. The van der Waals surface area contributed by atoms with Gasteiger partial charge in [0.05, 0.1) is 11.3 Å². The molecule has 0 saturated heterocycles. The number of benzene rings is 2. The first-order valence-electron chi connectivity index (χ1n) is 5.67. The number of hydrogen-bond donors (Lipinski definition) is 2. The molecule has 2 aromatic carbocycles. The molecular formula is C14H8BrClFNO3. The maximum atomic E-state index is 13.3. The summed E-state index contributed by atoms with van der Waals surface area (Å²) < 4.78 is 13.7. The van der Waals surface area contributed by atoms with E-state index >= 15 is 0 Å². The van der Waals surface area contributed by atoms with Gasteiger partial charge in [-0.25, -0.2) is 9.18 Å². The summed E-state index contributed by atoms with van der Waals surface area (Å²) in [5, 5.41) is 11.8. The zero-order valence-corrected chi connectivity index (χ0v) is 12.7. The average molecular weight is 373 g/mol. The van der Waals surface area contributed by atoms with E-state index in [-0.39, 0.29) is 21.8 Å². The molecule has 0 aromatic heterocycles. The van der Waals surface area contributed by atoms with Gasteiger partial charge in [0.25, 0.3) is 5.91 Å². The van der Waals surface area contributed by atoms with E-state index in [4.69, 9.17) is 16.7 Å². The highest BCUT2D eigenvalue weighted by Crippen LogP contribution is 2.23. The molecule has 2 rings (SSSR count). The maximum absolute atomic E-state index is 13.3. The van der Waals surface area contributed by atoms with Crippen LogP contribution in [0.5, 0.6) is 0 Å². The molecule has 0 saturated carbocycles. The predicted octanol–water partition coefficient (Wildman–Crippen LogP) is 4.19. The maximum Gasteiger partial charge on any atom is 0.337 e. The van der Waals surface area contributed by atoms with E-state index in [2.05, 4.69) is 21.2 Å². The first-order valence-corrected chi connectivity index (χ1v) is 6.84. The van der Waals surface area contributed by atoms with Crippen LogP contribution < -0.4 is 5.32 Å². The van der Waals surface area contributed by atoms with Gasteiger partial charge in [0.1, 0.15) is 5.82 Å². The first kappa shape index (κ1) is 15.5. The van der Waals surface area contributed by atoms with Crippen molar-refractivity contribution in [3.8, 4) is 0 Å². The van der Waals surface area contributed by atoms with Crippen molar-refractivity contribution in [3.05, 3.63) is 62.8 Å². The van der Waals surface area contributed by atoms with Crippen molar-refractivity contribution in [2.45, 2.75) is 0 Å². The quantitative estimate of drug-likeness (QED) is 0.849. The Labute approximate surface area is 132 Å². The summed E-state index contributed by atoms with van der Waals surface area (Å²) >= 11 is 8.87. The van der Waals surface area contributed by atoms with Crippen LogP contribution >= 0.6 is 27.5 Å². The lowest BCUT2D eigenvalue weighted by molar-refractivity contribution is 0.0698. The van der Waals surface area contributed by atoms with Gasteiger partial charge in [-0.1, -0.05) is 27.5 Å². The third-order valence-electron chi connectivity index (χ3n) is 2.58. The van der Waals surface area contributed by atoms with Crippen molar-refractivity contribution < 1.29 is 19.1 Å². The van der Waals surface area contributed by atoms with Crippen molar-refractivity contribution in [2.24, 2.45) is 0 Å². The lowest BCUT2D eigenvalue weighted by Crippen LogP contribution is -2.15. The first-order chi connectivity index (χ1) is 9.86. The number of rotatable bonds is 3. The van der Waals surface area contributed by atoms with E-state index < -0.39 is 17.7 Å². The van der Waals surface area contributed by atoms with Gasteiger partial charge >= 0.3 is 5.97 Å². The lowest BCUT2D eigenvalue weighted by Gasteiger charge is -2.09. The molecule has 0 aliphatic rings. The van der Waals surface area contributed by atoms with Crippen LogP contribution in [-0.4, -0.2) is 17.0 Å². The summed E-state index contributed by atoms with van der Waals surface area (Å²) in [6.45, 7) is 0. The Morgan fingerprint density at radius 3 is 2.52 bits per heavy atom. The summed E-state index contributed by atoms with van der Waals surface area (Å²) in [7, 11) is 0. The van der Waals surface area contributed by atoms with Crippen molar-refractivity contribution >= 4 is 45.1 Å². The summed E-state index contributed by atoms with van der Waals surface area (Å²) in [5.74, 6) is -2.43. The zero-order valence-electron chi connectivity index (χ0n) is 10.4. The molecule has 2 aromatic rings. The smallest absolute Gasteiger partial charge is 0.337 e. The van der Waals surface area contributed by atoms with Crippen LogP contribution in [0.4, 0.5) is 10.1 Å². The van der Waals surface area contributed by atoms with Gasteiger partial charge in [-0.05, 0) is 36.4 Å². The highest BCUT2D eigenvalue weighted by Gasteiger charge is 2.15. The van der Waals surface area contributed by atoms with Gasteiger partial charge in [-0.15, -0.1) is 0 Å². The Balaban J connectivity index is 2.35. The molecule has 2 N–H and O–H groups in total. The molecule has 0 spiro atoms. The van der Waals surface area contributed by atoms with Crippen LogP contribution in [0.2, 0.25) is 5.02 Å². The molecule has 4 nitrogen and oxygen atoms in total. The molecule has 0 heterocycles. The lowest BCUT2D eigenvalue weighted by atomic mass is 10.1. The number of carbonyl (C=O) groups is 2. The Bertz CT molecular complexity index is 716. The molecule has 21 heavy (non-hydrogen) atoms. The molecule has 0 unspecified atom stereocenters. The fraction of sp³-hybridized carbons (Fsp3) is 0. The molecular weight excluding hydrogens is 365 g/mol. The van der Waals surface area contributed by atoms with Crippen LogP contribution in [0.15, 0.2) is 40.9 Å². The number of carboxylic acids is 1. The Morgan fingerprint density at radius 1 is 1.19 bits per heavy atom. The Hall–Kier alpha value is -1.92. The van der Waals surface area contributed by atoms with E-state index in [1.807, 2.05) is 0 Å². The number of hydrogen-bond acceptors (Lipinski definition) is 2. The molecule has 1 amide bonds. The fourth-order valence-corrected chi connectivity index (χ4v) is 2.32. The molecule has 0 aliphatic heterocycles. The summed E-state index contributed by atoms with van der Waals surface area (Å²) in [6.07, 6.45) is 0. The summed E-state index contributed by atoms with van der Waals surface area (Å²) in [5.41, 5.74) is -0.0122. The van der Waals surface area contributed by atoms with E-state index in [1.54, 1.807) is 0 Å². The van der Waals surface area contributed by atoms with E-state index in [0.717, 1.165) is 6.07 Å². The predicted molar refractivity (Wildman–Crippen MR) is 80.5 cm³/mol. The molecule has 0 bridgehead atoms. The SMILES string of the molecule is O=C(Nc1cc(Cl)ccc1C(=O)O)c1cc(F)cc(Br)c1. The van der Waals surface area contributed by atoms with Gasteiger partial charge in [-0.2, -0.15) is 0 Å². The largest absolute Gasteiger partial charge is 0.478 e. The standard InChI is InChI=1S/C14H8BrClFNO3/c15-8-3-7(4-10(17)5-8)13(19)18-12-6-9(16)1-2-11(12)14(20)21/h1-6H,(H,18,19)(H,20,21). The van der Waals surface area contributed by atoms with E-state index in [9.17, 15) is 14.0 Å². The highest BCUT2D eigenvalue weighted by molar-refractivity contribution is 9.10. The molecule has 108 valence electrons. The van der Waals surface area contributed by atoms with Crippen LogP contribution in [0.3, 0.4) is 0 Å². The number of halogens is 3. The second-order valence-corrected chi connectivity index (χ2v) is 5.46. The minimum Gasteiger partial charge on any atom is -0.478 e. The Kier molecular flexibility index (Phi) is 4.59. The summed E-state index contributed by atoms with van der Waals surface area (Å²) in [4.78, 5) is 23.2. The molecule has 7 heteroatoms. The zero-order chi connectivity index (χ0) is 15.6. The van der Waals surface area contributed by atoms with Crippen LogP contribution in [0, 0.1) is 5.82 Å². The average Bonchev–Trinajstić information content (AvgIpc) is 2.37. The van der Waals surface area contributed by atoms with Gasteiger partial charge in [0.15, 0.2) is 0 Å². The number of anilines is 1. The van der Waals surface area contributed by atoms with Gasteiger partial charge in [0.2, 0.25) is 0 Å². The van der Waals surface area contributed by atoms with Crippen LogP contribution in [0.1, 0.15) is 20.7 Å². The van der Waals surface area contributed by atoms with Crippen molar-refractivity contribution in [1.29, 1.82) is 0 Å². The van der Waals surface area contributed by atoms with Gasteiger partial charge < -0.3 is 10.4 Å². The number of carbonyl (C=O) groups excluding carboxylic acids is 1. The third-order valence-corrected chi connectivity index (χ3v) is 3.28. The fourth-order valence-electron chi connectivity index (χ4n) is 1.69. The van der Waals surface area contributed by atoms with Crippen LogP contribution in [0.25, 0.3) is 0 Å². The number of amides is 1. The minimum absolute atomic E-state index is 0.0420. The van der Waals surface area contributed by atoms with E-state index in [1.165, 1.54) is 30.3 Å². The number of aromatic carboxylic acids is 1. The minimum atomic E-state index is -1.21. The van der Waals surface area contributed by atoms with Gasteiger partial charge in [-0.3, -0.25) is 4.79 Å². The number of carboxylic acid groups (broad SMARTS) is 1. The molecule has 0 radical (unpaired) electrons. The third kappa shape index (κ3) is 3.80. The monoisotopic (exact) mass is 371 g/mol. The molecule has 0 atom stereocenters. The van der Waals surface area contributed by atoms with Crippen molar-refractivity contribution in [2.75, 3.05) is 5.32 Å². The molecule has 0 fully saturated rings. The van der Waals surface area contributed by atoms with Crippen molar-refractivity contribution in [3.63, 3.8) is 0 Å².